The number of hydrogen-bond donors (Lipinski definition) is 0. The van der Waals surface area contributed by atoms with Crippen LogP contribution in [0.2, 0.25) is 18.8 Å². The van der Waals surface area contributed by atoms with Crippen LogP contribution in [0.15, 0.2) is 0 Å². The Morgan fingerprint density at radius 1 is 1.00 bits per heavy atom. The van der Waals surface area contributed by atoms with Gasteiger partial charge in [-0.2, -0.15) is 0 Å². The third kappa shape index (κ3) is 3.49. The average Bonchev–Trinajstić information content (AvgIpc) is 1.65. The number of rotatable bonds is 3. The summed E-state index contributed by atoms with van der Waals surface area (Å²) in [4.78, 5) is 7.60. The molecule has 0 atom stereocenters. The molecular weight excluding hydrogens is 215 g/mol. The Balaban J connectivity index is 3.79. The second-order valence-corrected chi connectivity index (χ2v) is 19.7. The Kier molecular flexibility index (Phi) is 4.19. The summed E-state index contributed by atoms with van der Waals surface area (Å²) in [6.45, 7) is 4.66. The molecule has 0 aliphatic heterocycles. The summed E-state index contributed by atoms with van der Waals surface area (Å²) in [5.74, 6) is 0. The summed E-state index contributed by atoms with van der Waals surface area (Å²) >= 11 is -1.45. The van der Waals surface area contributed by atoms with Crippen molar-refractivity contribution >= 4 is 18.4 Å². The normalized spacial score (nSPS) is 12.7. The maximum atomic E-state index is 2.53. The fraction of sp³-hybridized carbons (Fsp3) is 1.00. The standard InChI is InChI=1S/C5H11.3CH3.Sn/c1-3-5-4-2;;;;/h5H,3-4H2,1-2H3;3*1H3;. The Morgan fingerprint density at radius 3 is 1.33 bits per heavy atom. The summed E-state index contributed by atoms with van der Waals surface area (Å²) in [5, 5.41) is 0. The summed E-state index contributed by atoms with van der Waals surface area (Å²) in [6.07, 6.45) is 2.83. The van der Waals surface area contributed by atoms with Crippen molar-refractivity contribution in [1.82, 2.24) is 0 Å². The van der Waals surface area contributed by atoms with Crippen molar-refractivity contribution in [3.8, 4) is 0 Å². The molecule has 0 saturated heterocycles. The van der Waals surface area contributed by atoms with Crippen molar-refractivity contribution in [3.63, 3.8) is 0 Å². The molecule has 0 bridgehead atoms. The van der Waals surface area contributed by atoms with Gasteiger partial charge in [0.25, 0.3) is 0 Å². The molecule has 0 aromatic rings. The molecule has 0 aliphatic rings. The van der Waals surface area contributed by atoms with E-state index in [2.05, 4.69) is 28.7 Å². The molecule has 0 radical (unpaired) electrons. The molecule has 0 nitrogen and oxygen atoms in total. The van der Waals surface area contributed by atoms with Gasteiger partial charge in [-0.05, 0) is 0 Å². The van der Waals surface area contributed by atoms with Crippen molar-refractivity contribution in [1.29, 1.82) is 0 Å². The van der Waals surface area contributed by atoms with Crippen molar-refractivity contribution < 1.29 is 0 Å². The first-order valence-corrected chi connectivity index (χ1v) is 14.2. The van der Waals surface area contributed by atoms with E-state index in [0.717, 1.165) is 3.93 Å². The van der Waals surface area contributed by atoms with Gasteiger partial charge in [-0.3, -0.25) is 0 Å². The van der Waals surface area contributed by atoms with Gasteiger partial charge in [0.2, 0.25) is 0 Å². The van der Waals surface area contributed by atoms with Crippen LogP contribution >= 0.6 is 0 Å². The van der Waals surface area contributed by atoms with E-state index in [9.17, 15) is 0 Å². The zero-order valence-electron chi connectivity index (χ0n) is 7.49. The van der Waals surface area contributed by atoms with Crippen LogP contribution in [-0.2, 0) is 0 Å². The zero-order valence-corrected chi connectivity index (χ0v) is 10.3. The summed E-state index contributed by atoms with van der Waals surface area (Å²) in [6, 6.07) is 0. The van der Waals surface area contributed by atoms with Crippen LogP contribution in [0, 0.1) is 0 Å². The van der Waals surface area contributed by atoms with Crippen LogP contribution in [0.5, 0.6) is 0 Å². The van der Waals surface area contributed by atoms with E-state index in [1.807, 2.05) is 0 Å². The van der Waals surface area contributed by atoms with Crippen LogP contribution in [0.4, 0.5) is 0 Å². The fourth-order valence-corrected chi connectivity index (χ4v) is 8.50. The van der Waals surface area contributed by atoms with Crippen molar-refractivity contribution in [2.45, 2.75) is 45.4 Å². The van der Waals surface area contributed by atoms with Crippen LogP contribution in [0.25, 0.3) is 0 Å². The molecule has 9 heavy (non-hydrogen) atoms. The van der Waals surface area contributed by atoms with E-state index < -0.39 is 18.4 Å². The minimum atomic E-state index is -1.45. The van der Waals surface area contributed by atoms with Gasteiger partial charge in [-0.1, -0.05) is 0 Å². The quantitative estimate of drug-likeness (QED) is 0.656. The molecule has 0 saturated carbocycles. The van der Waals surface area contributed by atoms with Gasteiger partial charge in [-0.25, -0.2) is 0 Å². The molecule has 0 rings (SSSR count). The second kappa shape index (κ2) is 3.84. The molecule has 0 aliphatic carbocycles. The SMILES string of the molecule is CC[CH](CC)[Sn]([CH3])([CH3])[CH3]. The molecule has 0 N–H and O–H groups in total. The maximum absolute atomic E-state index is 2.53. The van der Waals surface area contributed by atoms with E-state index in [1.165, 1.54) is 12.8 Å². The Morgan fingerprint density at radius 2 is 1.33 bits per heavy atom. The molecule has 0 spiro atoms. The average molecular weight is 235 g/mol. The molecule has 0 unspecified atom stereocenters. The summed E-state index contributed by atoms with van der Waals surface area (Å²) < 4.78 is 1.11. The van der Waals surface area contributed by atoms with Gasteiger partial charge in [0.05, 0.1) is 0 Å². The molecular formula is C8H20Sn. The Bertz CT molecular complexity index is 67.1. The second-order valence-electron chi connectivity index (χ2n) is 3.88. The zero-order chi connectivity index (χ0) is 7.49. The molecule has 0 aromatic heterocycles. The first kappa shape index (κ1) is 9.80. The van der Waals surface area contributed by atoms with Crippen LogP contribution in [0.3, 0.4) is 0 Å². The first-order valence-electron chi connectivity index (χ1n) is 4.02. The Labute approximate surface area is 63.9 Å². The number of hydrogen-bond acceptors (Lipinski definition) is 0. The van der Waals surface area contributed by atoms with Gasteiger partial charge >= 0.3 is 63.8 Å². The predicted octanol–water partition coefficient (Wildman–Crippen LogP) is 3.51. The molecule has 56 valence electrons. The molecule has 0 heterocycles. The molecule has 1 heteroatoms. The van der Waals surface area contributed by atoms with Crippen LogP contribution in [0.1, 0.15) is 26.7 Å². The van der Waals surface area contributed by atoms with Gasteiger partial charge in [0.15, 0.2) is 0 Å². The van der Waals surface area contributed by atoms with Crippen LogP contribution in [-0.4, -0.2) is 18.4 Å². The van der Waals surface area contributed by atoms with E-state index in [4.69, 9.17) is 0 Å². The molecule has 0 amide bonds. The first-order chi connectivity index (χ1) is 4.02. The summed E-state index contributed by atoms with van der Waals surface area (Å²) in [5.41, 5.74) is 0. The Hall–Kier alpha value is 0.799. The van der Waals surface area contributed by atoms with Crippen molar-refractivity contribution in [2.75, 3.05) is 0 Å². The molecule has 0 fully saturated rings. The van der Waals surface area contributed by atoms with Crippen LogP contribution < -0.4 is 0 Å². The van der Waals surface area contributed by atoms with Crippen molar-refractivity contribution in [2.24, 2.45) is 0 Å². The van der Waals surface area contributed by atoms with Crippen molar-refractivity contribution in [3.05, 3.63) is 0 Å². The predicted molar refractivity (Wildman–Crippen MR) is 47.7 cm³/mol. The third-order valence-corrected chi connectivity index (χ3v) is 11.5. The van der Waals surface area contributed by atoms with E-state index >= 15 is 0 Å². The fourth-order valence-electron chi connectivity index (χ4n) is 1.51. The topological polar surface area (TPSA) is 0 Å². The van der Waals surface area contributed by atoms with Gasteiger partial charge in [0, 0.05) is 0 Å². The monoisotopic (exact) mass is 236 g/mol. The molecule has 0 aromatic carbocycles. The third-order valence-electron chi connectivity index (χ3n) is 2.21. The minimum absolute atomic E-state index is 1.11. The van der Waals surface area contributed by atoms with Gasteiger partial charge in [-0.15, -0.1) is 0 Å². The van der Waals surface area contributed by atoms with Gasteiger partial charge < -0.3 is 0 Å². The van der Waals surface area contributed by atoms with E-state index in [0.29, 0.717) is 0 Å². The summed E-state index contributed by atoms with van der Waals surface area (Å²) in [7, 11) is 0. The van der Waals surface area contributed by atoms with E-state index in [1.54, 1.807) is 0 Å². The van der Waals surface area contributed by atoms with Gasteiger partial charge in [0.1, 0.15) is 0 Å². The van der Waals surface area contributed by atoms with E-state index in [-0.39, 0.29) is 0 Å².